The van der Waals surface area contributed by atoms with Crippen molar-refractivity contribution in [3.05, 3.63) is 95.6 Å². The zero-order valence-corrected chi connectivity index (χ0v) is 23.2. The summed E-state index contributed by atoms with van der Waals surface area (Å²) in [6, 6.07) is 23.6. The Morgan fingerprint density at radius 3 is 2.20 bits per heavy atom. The molecule has 1 aliphatic heterocycles. The second-order valence-corrected chi connectivity index (χ2v) is 10.7. The van der Waals surface area contributed by atoms with Crippen molar-refractivity contribution in [2.45, 2.75) is 63.3 Å². The van der Waals surface area contributed by atoms with Gasteiger partial charge in [-0.2, -0.15) is 0 Å². The van der Waals surface area contributed by atoms with Crippen molar-refractivity contribution in [1.29, 1.82) is 0 Å². The fourth-order valence-corrected chi connectivity index (χ4v) is 5.85. The van der Waals surface area contributed by atoms with Crippen LogP contribution in [-0.4, -0.2) is 59.3 Å². The van der Waals surface area contributed by atoms with Crippen LogP contribution in [0.1, 0.15) is 55.2 Å². The molecule has 2 amide bonds. The number of alkyl carbamates (subject to hydrolysis) is 1. The van der Waals surface area contributed by atoms with E-state index in [-0.39, 0.29) is 19.1 Å². The maximum atomic E-state index is 13.9. The number of ether oxygens (including phenoxy) is 2. The molecule has 1 saturated heterocycles. The topological polar surface area (TPSA) is 105 Å². The summed E-state index contributed by atoms with van der Waals surface area (Å²) in [5.41, 5.74) is 5.33. The van der Waals surface area contributed by atoms with Gasteiger partial charge in [0.05, 0.1) is 12.7 Å². The fourth-order valence-electron chi connectivity index (χ4n) is 5.85. The highest BCUT2D eigenvalue weighted by atomic mass is 16.5. The number of amides is 2. The third-order valence-electron chi connectivity index (χ3n) is 8.03. The second-order valence-electron chi connectivity index (χ2n) is 10.7. The zero-order valence-electron chi connectivity index (χ0n) is 23.2. The van der Waals surface area contributed by atoms with Crippen molar-refractivity contribution in [1.82, 2.24) is 10.2 Å². The average molecular weight is 557 g/mol. The molecule has 5 rings (SSSR count). The number of benzene rings is 3. The Labute approximate surface area is 240 Å². The predicted octanol–water partition coefficient (Wildman–Crippen LogP) is 5.35. The van der Waals surface area contributed by atoms with Gasteiger partial charge in [0.15, 0.2) is 0 Å². The molecule has 0 aromatic heterocycles. The predicted molar refractivity (Wildman–Crippen MR) is 154 cm³/mol. The number of nitrogens with one attached hydrogen (secondary N) is 1. The molecule has 3 aromatic rings. The number of fused-ring (bicyclic) bond motifs is 3. The van der Waals surface area contributed by atoms with Gasteiger partial charge in [-0.05, 0) is 47.6 Å². The Hall–Kier alpha value is -4.17. The summed E-state index contributed by atoms with van der Waals surface area (Å²) in [4.78, 5) is 40.5. The molecule has 0 bridgehead atoms. The Kier molecular flexibility index (Phi) is 8.99. The van der Waals surface area contributed by atoms with Gasteiger partial charge in [0.1, 0.15) is 18.7 Å². The van der Waals surface area contributed by atoms with Crippen LogP contribution in [0.15, 0.2) is 78.9 Å². The maximum Gasteiger partial charge on any atom is 0.407 e. The third kappa shape index (κ3) is 6.43. The lowest BCUT2D eigenvalue weighted by atomic mass is 9.98. The lowest BCUT2D eigenvalue weighted by Crippen LogP contribution is -2.57. The number of rotatable bonds is 9. The third-order valence-corrected chi connectivity index (χ3v) is 8.03. The molecule has 0 spiro atoms. The van der Waals surface area contributed by atoms with Gasteiger partial charge in [-0.3, -0.25) is 4.79 Å². The highest BCUT2D eigenvalue weighted by Gasteiger charge is 2.38. The summed E-state index contributed by atoms with van der Waals surface area (Å²) < 4.78 is 11.8. The first-order chi connectivity index (χ1) is 19.9. The largest absolute Gasteiger partial charge is 0.480 e. The molecular formula is C33H36N2O6. The number of hydrogen-bond acceptors (Lipinski definition) is 5. The average Bonchev–Trinajstić information content (AvgIpc) is 3.12. The number of likely N-dealkylation sites (tertiary alicyclic amines) is 1. The van der Waals surface area contributed by atoms with Gasteiger partial charge in [-0.15, -0.1) is 0 Å². The summed E-state index contributed by atoms with van der Waals surface area (Å²) in [6.07, 6.45) is 1.16. The van der Waals surface area contributed by atoms with Crippen LogP contribution in [0.4, 0.5) is 4.79 Å². The van der Waals surface area contributed by atoms with E-state index in [2.05, 4.69) is 17.4 Å². The van der Waals surface area contributed by atoms with E-state index in [0.29, 0.717) is 19.4 Å². The fraction of sp³-hybridized carbons (Fsp3) is 0.364. The molecule has 3 aromatic carbocycles. The molecular weight excluding hydrogens is 520 g/mol. The summed E-state index contributed by atoms with van der Waals surface area (Å²) in [5.74, 6) is -1.65. The summed E-state index contributed by atoms with van der Waals surface area (Å²) >= 11 is 0. The normalized spacial score (nSPS) is 18.0. The van der Waals surface area contributed by atoms with Crippen LogP contribution in [0.5, 0.6) is 0 Å². The van der Waals surface area contributed by atoms with Crippen molar-refractivity contribution >= 4 is 18.0 Å². The Morgan fingerprint density at radius 1 is 0.902 bits per heavy atom. The maximum absolute atomic E-state index is 13.9. The molecule has 41 heavy (non-hydrogen) atoms. The van der Waals surface area contributed by atoms with Gasteiger partial charge in [-0.1, -0.05) is 91.7 Å². The van der Waals surface area contributed by atoms with Gasteiger partial charge in [0.25, 0.3) is 0 Å². The van der Waals surface area contributed by atoms with E-state index < -0.39 is 36.2 Å². The molecule has 8 nitrogen and oxygen atoms in total. The summed E-state index contributed by atoms with van der Waals surface area (Å²) in [6.45, 7) is 2.36. The van der Waals surface area contributed by atoms with Gasteiger partial charge >= 0.3 is 12.1 Å². The van der Waals surface area contributed by atoms with Gasteiger partial charge in [0, 0.05) is 12.5 Å². The zero-order chi connectivity index (χ0) is 28.8. The molecule has 3 atom stereocenters. The first kappa shape index (κ1) is 28.4. The summed E-state index contributed by atoms with van der Waals surface area (Å²) in [7, 11) is 0. The van der Waals surface area contributed by atoms with Gasteiger partial charge < -0.3 is 24.8 Å². The minimum absolute atomic E-state index is 0.0987. The lowest BCUT2D eigenvalue weighted by molar-refractivity contribution is -0.152. The second kappa shape index (κ2) is 13.0. The van der Waals surface area contributed by atoms with Crippen LogP contribution in [0.2, 0.25) is 0 Å². The van der Waals surface area contributed by atoms with Crippen molar-refractivity contribution in [2.75, 3.05) is 13.2 Å². The number of aliphatic carboxylic acids is 1. The molecule has 0 radical (unpaired) electrons. The van der Waals surface area contributed by atoms with Gasteiger partial charge in [-0.25, -0.2) is 9.59 Å². The van der Waals surface area contributed by atoms with E-state index in [1.807, 2.05) is 66.7 Å². The molecule has 2 aliphatic rings. The molecule has 1 unspecified atom stereocenters. The molecule has 2 N–H and O–H groups in total. The quantitative estimate of drug-likeness (QED) is 0.368. The van der Waals surface area contributed by atoms with Crippen LogP contribution in [0.3, 0.4) is 0 Å². The summed E-state index contributed by atoms with van der Waals surface area (Å²) in [5, 5.41) is 12.6. The molecule has 0 saturated carbocycles. The minimum atomic E-state index is -1.12. The molecule has 1 fully saturated rings. The first-order valence-corrected chi connectivity index (χ1v) is 14.2. The number of carboxylic acid groups (broad SMARTS) is 1. The highest BCUT2D eigenvalue weighted by molar-refractivity contribution is 5.90. The van der Waals surface area contributed by atoms with E-state index in [4.69, 9.17) is 9.47 Å². The van der Waals surface area contributed by atoms with Crippen molar-refractivity contribution in [2.24, 2.45) is 0 Å². The van der Waals surface area contributed by atoms with Gasteiger partial charge in [0.2, 0.25) is 5.91 Å². The molecule has 1 heterocycles. The van der Waals surface area contributed by atoms with Crippen molar-refractivity contribution in [3.8, 4) is 11.1 Å². The minimum Gasteiger partial charge on any atom is -0.480 e. The van der Waals surface area contributed by atoms with E-state index in [9.17, 15) is 19.5 Å². The number of hydrogen-bond donors (Lipinski definition) is 2. The smallest absolute Gasteiger partial charge is 0.407 e. The SMILES string of the molecule is C[C@H](OCc1ccccc1)[C@@H](NC(=O)OCC1c2ccccc2-c2ccccc21)C(=O)N1CCCCCC1C(=O)O. The van der Waals surface area contributed by atoms with Crippen molar-refractivity contribution < 1.29 is 29.0 Å². The number of nitrogens with zero attached hydrogens (tertiary/aromatic N) is 1. The van der Waals surface area contributed by atoms with Crippen LogP contribution in [0, 0.1) is 0 Å². The van der Waals surface area contributed by atoms with E-state index in [1.54, 1.807) is 6.92 Å². The number of carboxylic acids is 1. The standard InChI is InChI=1S/C33H36N2O6/c1-22(40-20-23-12-4-2-5-13-23)30(31(36)35-19-11-3-6-18-29(35)32(37)38)34-33(39)41-21-28-26-16-9-7-14-24(26)25-15-8-10-17-27(25)28/h2,4-5,7-10,12-17,22,28-30H,3,6,11,18-21H2,1H3,(H,34,39)(H,37,38)/t22-,29?,30+/m0/s1. The van der Waals surface area contributed by atoms with Crippen molar-refractivity contribution in [3.63, 3.8) is 0 Å². The van der Waals surface area contributed by atoms with Crippen LogP contribution in [0.25, 0.3) is 11.1 Å². The van der Waals surface area contributed by atoms with Crippen LogP contribution >= 0.6 is 0 Å². The first-order valence-electron chi connectivity index (χ1n) is 14.2. The molecule has 8 heteroatoms. The Bertz CT molecular complexity index is 1330. The van der Waals surface area contributed by atoms with E-state index in [0.717, 1.165) is 40.7 Å². The lowest BCUT2D eigenvalue weighted by Gasteiger charge is -2.33. The van der Waals surface area contributed by atoms with E-state index in [1.165, 1.54) is 4.90 Å². The molecule has 1 aliphatic carbocycles. The van der Waals surface area contributed by atoms with Crippen LogP contribution < -0.4 is 5.32 Å². The molecule has 214 valence electrons. The monoisotopic (exact) mass is 556 g/mol. The highest BCUT2D eigenvalue weighted by Crippen LogP contribution is 2.44. The van der Waals surface area contributed by atoms with Crippen LogP contribution in [-0.2, 0) is 25.7 Å². The Morgan fingerprint density at radius 2 is 1.54 bits per heavy atom. The number of carbonyl (C=O) groups excluding carboxylic acids is 2. The van der Waals surface area contributed by atoms with E-state index >= 15 is 0 Å². The Balaban J connectivity index is 1.32. The number of carbonyl (C=O) groups is 3.